The zero-order chi connectivity index (χ0) is 16.9. The molecule has 0 spiro atoms. The van der Waals surface area contributed by atoms with Gasteiger partial charge in [0.25, 0.3) is 11.6 Å². The molecule has 24 heavy (non-hydrogen) atoms. The molecular formula is C17H16N2O5. The molecule has 1 aliphatic rings. The van der Waals surface area contributed by atoms with Crippen LogP contribution in [-0.4, -0.2) is 30.1 Å². The second-order valence-corrected chi connectivity index (χ2v) is 5.38. The number of non-ortho nitro benzene ring substituents is 1. The van der Waals surface area contributed by atoms with Gasteiger partial charge < -0.3 is 14.8 Å². The fourth-order valence-corrected chi connectivity index (χ4v) is 2.39. The maximum absolute atomic E-state index is 12.1. The van der Waals surface area contributed by atoms with Gasteiger partial charge in [0.2, 0.25) is 0 Å². The van der Waals surface area contributed by atoms with Crippen molar-refractivity contribution in [1.29, 1.82) is 0 Å². The van der Waals surface area contributed by atoms with Gasteiger partial charge in [0.05, 0.1) is 24.2 Å². The van der Waals surface area contributed by atoms with Gasteiger partial charge in [-0.2, -0.15) is 0 Å². The van der Waals surface area contributed by atoms with E-state index >= 15 is 0 Å². The molecule has 1 amide bonds. The van der Waals surface area contributed by atoms with Crippen molar-refractivity contribution in [2.45, 2.75) is 12.3 Å². The van der Waals surface area contributed by atoms with Crippen molar-refractivity contribution in [1.82, 2.24) is 5.32 Å². The first-order valence-corrected chi connectivity index (χ1v) is 7.47. The molecule has 1 aliphatic heterocycles. The van der Waals surface area contributed by atoms with Gasteiger partial charge in [-0.05, 0) is 24.3 Å². The van der Waals surface area contributed by atoms with Crippen LogP contribution in [0.4, 0.5) is 5.69 Å². The zero-order valence-electron chi connectivity index (χ0n) is 12.8. The minimum Gasteiger partial charge on any atom is -0.346 e. The maximum Gasteiger partial charge on any atom is 0.269 e. The van der Waals surface area contributed by atoms with Crippen LogP contribution in [0.5, 0.6) is 0 Å². The number of hydrogen-bond donors (Lipinski definition) is 1. The zero-order valence-corrected chi connectivity index (χ0v) is 12.8. The summed E-state index contributed by atoms with van der Waals surface area (Å²) in [6, 6.07) is 14.7. The van der Waals surface area contributed by atoms with Crippen LogP contribution in [0.3, 0.4) is 0 Å². The molecule has 0 aromatic heterocycles. The normalized spacial score (nSPS) is 20.3. The van der Waals surface area contributed by atoms with Gasteiger partial charge in [-0.3, -0.25) is 14.9 Å². The Morgan fingerprint density at radius 1 is 1.04 bits per heavy atom. The molecular weight excluding hydrogens is 312 g/mol. The molecule has 2 aromatic carbocycles. The Kier molecular flexibility index (Phi) is 4.83. The molecule has 7 heteroatoms. The Bertz CT molecular complexity index is 710. The average molecular weight is 328 g/mol. The van der Waals surface area contributed by atoms with Crippen LogP contribution in [0.15, 0.2) is 54.6 Å². The van der Waals surface area contributed by atoms with E-state index in [2.05, 4.69) is 5.32 Å². The van der Waals surface area contributed by atoms with E-state index < -0.39 is 11.2 Å². The number of carbonyl (C=O) groups is 1. The number of nitrogens with one attached hydrogen (secondary N) is 1. The first kappa shape index (κ1) is 16.1. The lowest BCUT2D eigenvalue weighted by molar-refractivity contribution is -0.384. The largest absolute Gasteiger partial charge is 0.346 e. The Labute approximate surface area is 138 Å². The topological polar surface area (TPSA) is 90.7 Å². The minimum atomic E-state index is -0.587. The average Bonchev–Trinajstić information content (AvgIpc) is 2.63. The monoisotopic (exact) mass is 328 g/mol. The lowest BCUT2D eigenvalue weighted by Gasteiger charge is -2.30. The van der Waals surface area contributed by atoms with E-state index in [4.69, 9.17) is 9.47 Å². The number of carbonyl (C=O) groups excluding carboxylic acids is 1. The van der Waals surface area contributed by atoms with Gasteiger partial charge in [0.1, 0.15) is 0 Å². The summed E-state index contributed by atoms with van der Waals surface area (Å²) in [6.07, 6.45) is -0.587. The van der Waals surface area contributed by atoms with Crippen molar-refractivity contribution < 1.29 is 19.2 Å². The Morgan fingerprint density at radius 2 is 1.67 bits per heavy atom. The quantitative estimate of drug-likeness (QED) is 0.687. The fourth-order valence-electron chi connectivity index (χ4n) is 2.39. The molecule has 0 bridgehead atoms. The molecule has 3 rings (SSSR count). The highest BCUT2D eigenvalue weighted by atomic mass is 16.7. The second-order valence-electron chi connectivity index (χ2n) is 5.38. The summed E-state index contributed by atoms with van der Waals surface area (Å²) in [5.41, 5.74) is 1.30. The Hall–Kier alpha value is -2.77. The lowest BCUT2D eigenvalue weighted by Crippen LogP contribution is -2.45. The van der Waals surface area contributed by atoms with Gasteiger partial charge in [0.15, 0.2) is 6.29 Å². The van der Waals surface area contributed by atoms with E-state index in [1.807, 2.05) is 6.07 Å². The molecule has 2 aromatic rings. The number of nitrogens with zero attached hydrogens (tertiary/aromatic N) is 1. The molecule has 1 saturated heterocycles. The number of benzene rings is 2. The van der Waals surface area contributed by atoms with Crippen LogP contribution < -0.4 is 5.32 Å². The van der Waals surface area contributed by atoms with Crippen LogP contribution in [0, 0.1) is 10.1 Å². The molecule has 0 unspecified atom stereocenters. The SMILES string of the molecule is O=C(NC1COC(c2ccc([N+](=O)[O-])cc2)OC1)c1ccccc1. The van der Waals surface area contributed by atoms with E-state index in [1.54, 1.807) is 36.4 Å². The summed E-state index contributed by atoms with van der Waals surface area (Å²) in [4.78, 5) is 22.3. The molecule has 1 N–H and O–H groups in total. The van der Waals surface area contributed by atoms with Crippen molar-refractivity contribution >= 4 is 11.6 Å². The first-order valence-electron chi connectivity index (χ1n) is 7.47. The summed E-state index contributed by atoms with van der Waals surface area (Å²) in [6.45, 7) is 0.612. The van der Waals surface area contributed by atoms with Crippen LogP contribution in [0.1, 0.15) is 22.2 Å². The molecule has 1 fully saturated rings. The molecule has 0 atom stereocenters. The van der Waals surface area contributed by atoms with E-state index in [0.29, 0.717) is 24.3 Å². The standard InChI is InChI=1S/C17H16N2O5/c20-16(12-4-2-1-3-5-12)18-14-10-23-17(24-11-14)13-6-8-15(9-7-13)19(21)22/h1-9,14,17H,10-11H2,(H,18,20). The maximum atomic E-state index is 12.1. The van der Waals surface area contributed by atoms with Gasteiger partial charge >= 0.3 is 0 Å². The highest BCUT2D eigenvalue weighted by Gasteiger charge is 2.25. The summed E-state index contributed by atoms with van der Waals surface area (Å²) < 4.78 is 11.2. The lowest BCUT2D eigenvalue weighted by atomic mass is 10.1. The summed E-state index contributed by atoms with van der Waals surface area (Å²) >= 11 is 0. The van der Waals surface area contributed by atoms with Crippen LogP contribution in [-0.2, 0) is 9.47 Å². The summed E-state index contributed by atoms with van der Waals surface area (Å²) in [7, 11) is 0. The molecule has 124 valence electrons. The molecule has 0 radical (unpaired) electrons. The van der Waals surface area contributed by atoms with E-state index in [1.165, 1.54) is 12.1 Å². The van der Waals surface area contributed by atoms with Crippen LogP contribution >= 0.6 is 0 Å². The fraction of sp³-hybridized carbons (Fsp3) is 0.235. The van der Waals surface area contributed by atoms with Gasteiger partial charge in [0, 0.05) is 23.3 Å². The second kappa shape index (κ2) is 7.20. The third-order valence-electron chi connectivity index (χ3n) is 3.64. The highest BCUT2D eigenvalue weighted by Crippen LogP contribution is 2.24. The predicted molar refractivity (Wildman–Crippen MR) is 85.4 cm³/mol. The molecule has 0 aliphatic carbocycles. The summed E-state index contributed by atoms with van der Waals surface area (Å²) in [5.74, 6) is -0.179. The Morgan fingerprint density at radius 3 is 2.25 bits per heavy atom. The van der Waals surface area contributed by atoms with Gasteiger partial charge in [-0.15, -0.1) is 0 Å². The van der Waals surface area contributed by atoms with Gasteiger partial charge in [-0.25, -0.2) is 0 Å². The number of nitro benzene ring substituents is 1. The van der Waals surface area contributed by atoms with Crippen LogP contribution in [0.25, 0.3) is 0 Å². The number of nitro groups is 1. The van der Waals surface area contributed by atoms with Crippen molar-refractivity contribution in [3.8, 4) is 0 Å². The first-order chi connectivity index (χ1) is 11.6. The number of amides is 1. The smallest absolute Gasteiger partial charge is 0.269 e. The third-order valence-corrected chi connectivity index (χ3v) is 3.64. The van der Waals surface area contributed by atoms with Crippen molar-refractivity contribution in [2.75, 3.05) is 13.2 Å². The van der Waals surface area contributed by atoms with Crippen LogP contribution in [0.2, 0.25) is 0 Å². The summed E-state index contributed by atoms with van der Waals surface area (Å²) in [5, 5.41) is 13.5. The minimum absolute atomic E-state index is 0.0163. The predicted octanol–water partition coefficient (Wildman–Crippen LogP) is 2.44. The molecule has 7 nitrogen and oxygen atoms in total. The number of hydrogen-bond acceptors (Lipinski definition) is 5. The van der Waals surface area contributed by atoms with E-state index in [9.17, 15) is 14.9 Å². The van der Waals surface area contributed by atoms with Crippen molar-refractivity contribution in [3.63, 3.8) is 0 Å². The van der Waals surface area contributed by atoms with Crippen molar-refractivity contribution in [2.24, 2.45) is 0 Å². The number of ether oxygens (including phenoxy) is 2. The van der Waals surface area contributed by atoms with Crippen molar-refractivity contribution in [3.05, 3.63) is 75.8 Å². The Balaban J connectivity index is 1.54. The van der Waals surface area contributed by atoms with E-state index in [0.717, 1.165) is 0 Å². The molecule has 1 heterocycles. The highest BCUT2D eigenvalue weighted by molar-refractivity contribution is 5.94. The molecule has 0 saturated carbocycles. The van der Waals surface area contributed by atoms with E-state index in [-0.39, 0.29) is 17.6 Å². The van der Waals surface area contributed by atoms with Gasteiger partial charge in [-0.1, -0.05) is 18.2 Å². The number of rotatable bonds is 4. The third kappa shape index (κ3) is 3.76.